The number of fused-ring (bicyclic) bond motifs is 2. The fourth-order valence-corrected chi connectivity index (χ4v) is 15.4. The highest BCUT2D eigenvalue weighted by Gasteiger charge is 2.49. The summed E-state index contributed by atoms with van der Waals surface area (Å²) in [6, 6.07) is 28.3. The maximum absolute atomic E-state index is 15.7. The number of rotatable bonds is 35. The molecule has 0 unspecified atom stereocenters. The lowest BCUT2D eigenvalue weighted by Crippen LogP contribution is -2.61. The predicted octanol–water partition coefficient (Wildman–Crippen LogP) is 10.7. The van der Waals surface area contributed by atoms with Crippen LogP contribution in [-0.4, -0.2) is 226 Å². The Labute approximate surface area is 760 Å². The van der Waals surface area contributed by atoms with E-state index in [4.69, 9.17) is 23.7 Å². The number of ether oxygens (including phenoxy) is 5. The van der Waals surface area contributed by atoms with Crippen LogP contribution in [0.4, 0.5) is 9.59 Å². The molecular formula is C97H127N17O16. The molecule has 0 saturated carbocycles. The van der Waals surface area contributed by atoms with E-state index in [9.17, 15) is 24.0 Å². The van der Waals surface area contributed by atoms with Gasteiger partial charge in [0.05, 0.1) is 18.3 Å². The molecule has 6 aromatic carbocycles. The first-order valence-electron chi connectivity index (χ1n) is 44.0. The number of hydrogen-bond donors (Lipinski definition) is 7. The van der Waals surface area contributed by atoms with Gasteiger partial charge in [-0.05, 0) is 184 Å². The minimum absolute atomic E-state index is 0.0117. The molecule has 8 aromatic rings. The van der Waals surface area contributed by atoms with E-state index in [1.54, 1.807) is 159 Å². The van der Waals surface area contributed by atoms with Gasteiger partial charge >= 0.3 is 18.2 Å². The Balaban J connectivity index is 0.892. The zero-order chi connectivity index (χ0) is 95.1. The molecular weight excluding hydrogens is 1660 g/mol. The standard InChI is InChI=1S/C97H127N17O16/c1-22-28-64-52-77(112(54-64)88(121)79(93(5,6)7)102-82(115)58(3)110(20)91(124)129-96(14,15)16)86(119)99-75(51-63-34-40-66-30-25-27-32-68(66)47-63)85(118)101-76(90(123)128-95(11,12)13)49-61-37-43-72(44-38-61)127-57-69-55-114(109-104-69)70-53-78(113(56-70)89(122)80(94(8,9)10)103-83(116)59(4)111(21)92(125)130-97(17,18)19)87(120)100-74(50-62-33-39-65-29-24-26-31-67(65)46-62)84(117)98-73(81-105-107-108-106-81)48-60-35-41-71(42-36-60)126-45-23-2/h22-27,29-44,46-47,55,58-59,64,70,73-80H,1-2,28,45,48-54,56-57H2,3-21H3,(H,98,117)(H,99,119)(H,100,120)(H,101,118)(H,102,115)(H,103,116)(H,105,106,107,108)/t58-,59-,64-,70+,73-,74-,75-,76-,77-,78-,79+,80+/m0/s1. The van der Waals surface area contributed by atoms with Crippen LogP contribution in [0.2, 0.25) is 0 Å². The second-order valence-electron chi connectivity index (χ2n) is 38.8. The largest absolute Gasteiger partial charge is 0.490 e. The smallest absolute Gasteiger partial charge is 0.410 e. The number of esters is 1. The molecule has 2 aliphatic rings. The molecule has 2 aromatic heterocycles. The van der Waals surface area contributed by atoms with E-state index >= 15 is 28.8 Å². The number of hydrogen-bond acceptors (Lipinski definition) is 21. The maximum Gasteiger partial charge on any atom is 0.410 e. The van der Waals surface area contributed by atoms with Crippen molar-refractivity contribution in [3.8, 4) is 11.5 Å². The third-order valence-corrected chi connectivity index (χ3v) is 22.6. The number of H-pyrrole nitrogens is 1. The van der Waals surface area contributed by atoms with Crippen molar-refractivity contribution in [2.75, 3.05) is 33.8 Å². The first kappa shape index (κ1) is 99.1. The second-order valence-corrected chi connectivity index (χ2v) is 38.8. The number of tetrazole rings is 1. The van der Waals surface area contributed by atoms with E-state index in [1.165, 1.54) is 42.4 Å². The van der Waals surface area contributed by atoms with Gasteiger partial charge in [0.15, 0.2) is 5.82 Å². The van der Waals surface area contributed by atoms with Gasteiger partial charge in [-0.1, -0.05) is 175 Å². The molecule has 7 N–H and O–H groups in total. The number of amides is 10. The van der Waals surface area contributed by atoms with Gasteiger partial charge in [-0.3, -0.25) is 48.2 Å². The Morgan fingerprint density at radius 1 is 0.492 bits per heavy atom. The third kappa shape index (κ3) is 27.2. The normalized spacial score (nSPS) is 17.3. The second kappa shape index (κ2) is 42.4. The van der Waals surface area contributed by atoms with Gasteiger partial charge in [0.25, 0.3) is 0 Å². The fraction of sp³-hybridized carbons (Fsp3) is 0.485. The van der Waals surface area contributed by atoms with Crippen LogP contribution in [0.5, 0.6) is 11.5 Å². The van der Waals surface area contributed by atoms with Crippen molar-refractivity contribution in [2.24, 2.45) is 16.7 Å². The van der Waals surface area contributed by atoms with Crippen LogP contribution in [-0.2, 0) is 89.7 Å². The van der Waals surface area contributed by atoms with Crippen LogP contribution in [0.3, 0.4) is 0 Å². The molecule has 0 spiro atoms. The molecule has 130 heavy (non-hydrogen) atoms. The summed E-state index contributed by atoms with van der Waals surface area (Å²) in [4.78, 5) is 167. The van der Waals surface area contributed by atoms with Crippen LogP contribution in [0.1, 0.15) is 183 Å². The maximum atomic E-state index is 15.7. The Bertz CT molecular complexity index is 5350. The molecule has 0 radical (unpaired) electrons. The molecule has 0 aliphatic carbocycles. The highest BCUT2D eigenvalue weighted by atomic mass is 16.6. The quantitative estimate of drug-likeness (QED) is 0.0110. The van der Waals surface area contributed by atoms with E-state index in [0.717, 1.165) is 36.9 Å². The molecule has 12 atom stereocenters. The van der Waals surface area contributed by atoms with Crippen molar-refractivity contribution < 1.29 is 76.4 Å². The van der Waals surface area contributed by atoms with Gasteiger partial charge < -0.3 is 65.4 Å². The Kier molecular flexibility index (Phi) is 32.3. The van der Waals surface area contributed by atoms with E-state index in [-0.39, 0.29) is 70.0 Å². The Morgan fingerprint density at radius 3 is 1.40 bits per heavy atom. The molecule has 33 nitrogen and oxygen atoms in total. The van der Waals surface area contributed by atoms with E-state index < -0.39 is 160 Å². The van der Waals surface area contributed by atoms with Gasteiger partial charge in [-0.15, -0.1) is 16.8 Å². The summed E-state index contributed by atoms with van der Waals surface area (Å²) in [6.07, 6.45) is 4.10. The number of likely N-dealkylation sites (tertiary alicyclic amines) is 2. The molecule has 2 saturated heterocycles. The van der Waals surface area contributed by atoms with Crippen LogP contribution in [0, 0.1) is 16.7 Å². The Hall–Kier alpha value is -13.1. The minimum atomic E-state index is -1.34. The zero-order valence-electron chi connectivity index (χ0n) is 78.1. The highest BCUT2D eigenvalue weighted by molar-refractivity contribution is 5.99. The molecule has 2 fully saturated rings. The van der Waals surface area contributed by atoms with Crippen molar-refractivity contribution in [2.45, 2.75) is 253 Å². The molecule has 0 bridgehead atoms. The predicted molar refractivity (Wildman–Crippen MR) is 490 cm³/mol. The van der Waals surface area contributed by atoms with E-state index in [1.807, 2.05) is 97.1 Å². The van der Waals surface area contributed by atoms with Gasteiger partial charge in [0, 0.05) is 59.3 Å². The highest BCUT2D eigenvalue weighted by Crippen LogP contribution is 2.35. The zero-order valence-corrected chi connectivity index (χ0v) is 78.1. The number of benzene rings is 6. The summed E-state index contributed by atoms with van der Waals surface area (Å²) in [6.45, 7) is 36.8. The summed E-state index contributed by atoms with van der Waals surface area (Å²) < 4.78 is 30.7. The molecule has 33 heteroatoms. The lowest BCUT2D eigenvalue weighted by molar-refractivity contribution is -0.158. The number of nitrogens with one attached hydrogen (secondary N) is 7. The number of nitrogens with zero attached hydrogens (tertiary/aromatic N) is 10. The van der Waals surface area contributed by atoms with E-state index in [0.29, 0.717) is 46.9 Å². The topological polar surface area (TPSA) is 404 Å². The molecule has 4 heterocycles. The van der Waals surface area contributed by atoms with Gasteiger partial charge in [0.2, 0.25) is 47.3 Å². The third-order valence-electron chi connectivity index (χ3n) is 22.6. The number of allylic oxidation sites excluding steroid dienone is 1. The van der Waals surface area contributed by atoms with E-state index in [2.05, 4.69) is 76.0 Å². The van der Waals surface area contributed by atoms with Crippen molar-refractivity contribution in [1.82, 2.24) is 87.1 Å². The van der Waals surface area contributed by atoms with Gasteiger partial charge in [-0.25, -0.2) is 24.2 Å². The summed E-state index contributed by atoms with van der Waals surface area (Å²) in [5.41, 5.74) is -1.58. The van der Waals surface area contributed by atoms with Crippen molar-refractivity contribution >= 4 is 87.0 Å². The number of aromatic amines is 1. The van der Waals surface area contributed by atoms with Crippen molar-refractivity contribution in [3.05, 3.63) is 199 Å². The molecule has 696 valence electrons. The van der Waals surface area contributed by atoms with Crippen molar-refractivity contribution in [1.29, 1.82) is 0 Å². The number of likely N-dealkylation sites (N-methyl/N-ethyl adjacent to an activating group) is 2. The number of carbonyl (C=O) groups is 11. The van der Waals surface area contributed by atoms with Gasteiger partial charge in [0.1, 0.15) is 102 Å². The van der Waals surface area contributed by atoms with Crippen LogP contribution < -0.4 is 41.4 Å². The van der Waals surface area contributed by atoms with Crippen LogP contribution >= 0.6 is 0 Å². The number of carbonyl (C=O) groups excluding carboxylic acids is 11. The molecule has 10 amide bonds. The van der Waals surface area contributed by atoms with Crippen LogP contribution in [0.25, 0.3) is 21.5 Å². The SMILES string of the molecule is C=CCOc1ccc(C[C@H](NC(=O)[C@H](Cc2ccc3ccccc3c2)NC(=O)[C@@H]2C[C@@H](n3cc(COc4ccc(C[C@H](NC(=O)[C@H](Cc5ccc6ccccc6c5)NC(=O)[C@@H]5C[C@H](CC=C)CN5C(=O)[C@@H](NC(=O)[C@H](C)N(C)C(=O)OC(C)(C)C)C(C)(C)C)C(=O)OC(C)(C)C)cc4)nn3)CN2C(=O)[C@@H](NC(=O)[C@H](C)N(C)C(=O)OC(C)(C)C)C(C)(C)C)c2nnn[nH]2)cc1. The lowest BCUT2D eigenvalue weighted by Gasteiger charge is -2.37. The fourth-order valence-electron chi connectivity index (χ4n) is 15.4. The molecule has 2 aliphatic heterocycles. The first-order valence-corrected chi connectivity index (χ1v) is 44.0. The summed E-state index contributed by atoms with van der Waals surface area (Å²) in [5, 5.41) is 45.1. The van der Waals surface area contributed by atoms with Gasteiger partial charge in [-0.2, -0.15) is 0 Å². The summed E-state index contributed by atoms with van der Waals surface area (Å²) >= 11 is 0. The van der Waals surface area contributed by atoms with Crippen molar-refractivity contribution in [3.63, 3.8) is 0 Å². The average Bonchev–Trinajstić information content (AvgIpc) is 1.63. The minimum Gasteiger partial charge on any atom is -0.490 e. The molecule has 10 rings (SSSR count). The van der Waals surface area contributed by atoms with Crippen LogP contribution in [0.15, 0.2) is 165 Å². The first-order chi connectivity index (χ1) is 61.1. The summed E-state index contributed by atoms with van der Waals surface area (Å²) in [5.74, 6) is -4.95. The number of aromatic nitrogens is 7. The Morgan fingerprint density at radius 2 is 0.938 bits per heavy atom. The average molecular weight is 1790 g/mol. The lowest BCUT2D eigenvalue weighted by atomic mass is 9.85. The monoisotopic (exact) mass is 1790 g/mol. The summed E-state index contributed by atoms with van der Waals surface area (Å²) in [7, 11) is 2.85.